The highest BCUT2D eigenvalue weighted by molar-refractivity contribution is 6.02. The molecule has 4 rings (SSSR count). The first-order valence-electron chi connectivity index (χ1n) is 11.1. The Hall–Kier alpha value is -2.89. The molecule has 2 heterocycles. The van der Waals surface area contributed by atoms with E-state index >= 15 is 0 Å². The predicted octanol–water partition coefficient (Wildman–Crippen LogP) is 4.13. The van der Waals surface area contributed by atoms with Crippen LogP contribution in [0.4, 0.5) is 11.4 Å². The molecule has 6 nitrogen and oxygen atoms in total. The van der Waals surface area contributed by atoms with E-state index in [1.165, 1.54) is 6.42 Å². The predicted molar refractivity (Wildman–Crippen MR) is 119 cm³/mol. The number of hydrogen-bond acceptors (Lipinski definition) is 4. The number of nitrogens with zero attached hydrogens (tertiary/aromatic N) is 2. The molecule has 1 aromatic heterocycles. The van der Waals surface area contributed by atoms with Crippen molar-refractivity contribution >= 4 is 23.2 Å². The third-order valence-corrected chi connectivity index (χ3v) is 6.11. The first kappa shape index (κ1) is 20.4. The van der Waals surface area contributed by atoms with Crippen LogP contribution in [-0.4, -0.2) is 29.9 Å². The first-order chi connectivity index (χ1) is 14.7. The van der Waals surface area contributed by atoms with Gasteiger partial charge in [-0.1, -0.05) is 25.3 Å². The van der Waals surface area contributed by atoms with Gasteiger partial charge in [0.05, 0.1) is 5.56 Å². The zero-order valence-corrected chi connectivity index (χ0v) is 17.4. The minimum atomic E-state index is -0.130. The highest BCUT2D eigenvalue weighted by atomic mass is 16.2. The van der Waals surface area contributed by atoms with Gasteiger partial charge in [-0.15, -0.1) is 0 Å². The number of carbonyl (C=O) groups excluding carboxylic acids is 2. The van der Waals surface area contributed by atoms with E-state index in [4.69, 9.17) is 0 Å². The molecule has 1 saturated heterocycles. The number of benzene rings is 1. The average Bonchev–Trinajstić information content (AvgIpc) is 3.33. The average molecular weight is 407 g/mol. The number of pyridine rings is 1. The fourth-order valence-corrected chi connectivity index (χ4v) is 4.42. The van der Waals surface area contributed by atoms with Crippen LogP contribution in [0.1, 0.15) is 60.9 Å². The van der Waals surface area contributed by atoms with Gasteiger partial charge in [-0.2, -0.15) is 0 Å². The molecule has 6 heteroatoms. The van der Waals surface area contributed by atoms with Gasteiger partial charge in [0.2, 0.25) is 5.91 Å². The summed E-state index contributed by atoms with van der Waals surface area (Å²) in [6, 6.07) is 9.52. The number of hydrogen-bond donors (Lipinski definition) is 2. The smallest absolute Gasteiger partial charge is 0.253 e. The van der Waals surface area contributed by atoms with Crippen LogP contribution in [-0.2, 0) is 11.3 Å². The molecule has 158 valence electrons. The maximum absolute atomic E-state index is 13.1. The van der Waals surface area contributed by atoms with Crippen molar-refractivity contribution in [2.75, 3.05) is 23.3 Å². The van der Waals surface area contributed by atoms with Gasteiger partial charge in [0, 0.05) is 49.3 Å². The molecule has 2 N–H and O–H groups in total. The summed E-state index contributed by atoms with van der Waals surface area (Å²) < 4.78 is 0. The third kappa shape index (κ3) is 4.99. The zero-order valence-electron chi connectivity index (χ0n) is 17.4. The number of aromatic nitrogens is 1. The van der Waals surface area contributed by atoms with Gasteiger partial charge in [0.25, 0.3) is 5.91 Å². The van der Waals surface area contributed by atoms with E-state index in [0.29, 0.717) is 17.8 Å². The molecule has 1 aliphatic carbocycles. The van der Waals surface area contributed by atoms with Gasteiger partial charge in [0.1, 0.15) is 0 Å². The summed E-state index contributed by atoms with van der Waals surface area (Å²) in [6.07, 6.45) is 11.1. The molecule has 0 bridgehead atoms. The lowest BCUT2D eigenvalue weighted by Gasteiger charge is -2.23. The van der Waals surface area contributed by atoms with Crippen LogP contribution in [0.25, 0.3) is 0 Å². The van der Waals surface area contributed by atoms with E-state index in [1.807, 2.05) is 30.3 Å². The topological polar surface area (TPSA) is 74.3 Å². The highest BCUT2D eigenvalue weighted by Gasteiger charge is 2.23. The van der Waals surface area contributed by atoms with E-state index < -0.39 is 0 Å². The number of nitrogens with one attached hydrogen (secondary N) is 2. The third-order valence-electron chi connectivity index (χ3n) is 6.11. The molecule has 1 aromatic carbocycles. The molecule has 1 aliphatic heterocycles. The molecule has 2 fully saturated rings. The van der Waals surface area contributed by atoms with Gasteiger partial charge in [-0.25, -0.2) is 0 Å². The Balaban J connectivity index is 1.51. The van der Waals surface area contributed by atoms with Gasteiger partial charge in [-0.05, 0) is 55.5 Å². The van der Waals surface area contributed by atoms with Gasteiger partial charge in [-0.3, -0.25) is 14.6 Å². The number of anilines is 2. The summed E-state index contributed by atoms with van der Waals surface area (Å²) in [4.78, 5) is 32.1. The SMILES string of the molecule is O=C(NCc1cccnc1)c1cc(NC(=O)C2CCCCC2)ccc1N1CCCC1. The van der Waals surface area contributed by atoms with E-state index in [9.17, 15) is 9.59 Å². The monoisotopic (exact) mass is 406 g/mol. The van der Waals surface area contributed by atoms with E-state index in [1.54, 1.807) is 12.4 Å². The van der Waals surface area contributed by atoms with Gasteiger partial charge in [0.15, 0.2) is 0 Å². The minimum Gasteiger partial charge on any atom is -0.371 e. The largest absolute Gasteiger partial charge is 0.371 e. The van der Waals surface area contributed by atoms with Crippen LogP contribution in [0, 0.1) is 5.92 Å². The van der Waals surface area contributed by atoms with Crippen molar-refractivity contribution in [3.63, 3.8) is 0 Å². The highest BCUT2D eigenvalue weighted by Crippen LogP contribution is 2.29. The van der Waals surface area contributed by atoms with Crippen LogP contribution < -0.4 is 15.5 Å². The lowest BCUT2D eigenvalue weighted by molar-refractivity contribution is -0.120. The number of carbonyl (C=O) groups is 2. The lowest BCUT2D eigenvalue weighted by Crippen LogP contribution is -2.28. The normalized spacial score (nSPS) is 17.0. The second kappa shape index (κ2) is 9.74. The number of rotatable bonds is 6. The maximum Gasteiger partial charge on any atom is 0.253 e. The van der Waals surface area contributed by atoms with Crippen LogP contribution in [0.3, 0.4) is 0 Å². The van der Waals surface area contributed by atoms with Crippen molar-refractivity contribution in [1.29, 1.82) is 0 Å². The van der Waals surface area contributed by atoms with Crippen LogP contribution in [0.5, 0.6) is 0 Å². The Morgan fingerprint density at radius 2 is 1.83 bits per heavy atom. The molecule has 0 spiro atoms. The van der Waals surface area contributed by atoms with E-state index in [2.05, 4.69) is 20.5 Å². The fourth-order valence-electron chi connectivity index (χ4n) is 4.42. The molecular weight excluding hydrogens is 376 g/mol. The Labute approximate surface area is 178 Å². The molecule has 0 unspecified atom stereocenters. The molecule has 2 aromatic rings. The lowest BCUT2D eigenvalue weighted by atomic mass is 9.88. The Kier molecular flexibility index (Phi) is 6.62. The molecule has 0 atom stereocenters. The van der Waals surface area contributed by atoms with E-state index in [0.717, 1.165) is 62.9 Å². The van der Waals surface area contributed by atoms with Crippen molar-refractivity contribution in [3.8, 4) is 0 Å². The number of amides is 2. The summed E-state index contributed by atoms with van der Waals surface area (Å²) in [5.74, 6) is 0.0275. The van der Waals surface area contributed by atoms with Crippen molar-refractivity contribution in [3.05, 3.63) is 53.9 Å². The van der Waals surface area contributed by atoms with Crippen molar-refractivity contribution < 1.29 is 9.59 Å². The molecular formula is C24H30N4O2. The second-order valence-electron chi connectivity index (χ2n) is 8.29. The first-order valence-corrected chi connectivity index (χ1v) is 11.1. The summed E-state index contributed by atoms with van der Waals surface area (Å²) in [5, 5.41) is 6.06. The van der Waals surface area contributed by atoms with Crippen LogP contribution in [0.2, 0.25) is 0 Å². The van der Waals surface area contributed by atoms with Crippen LogP contribution in [0.15, 0.2) is 42.7 Å². The summed E-state index contributed by atoms with van der Waals surface area (Å²) >= 11 is 0. The van der Waals surface area contributed by atoms with E-state index in [-0.39, 0.29) is 17.7 Å². The standard InChI is InChI=1S/C24H30N4O2/c29-23(19-8-2-1-3-9-19)27-20-10-11-22(28-13-4-5-14-28)21(15-20)24(30)26-17-18-7-6-12-25-16-18/h6-7,10-12,15-16,19H,1-5,8-9,13-14,17H2,(H,26,30)(H,27,29). The summed E-state index contributed by atoms with van der Waals surface area (Å²) in [5.41, 5.74) is 3.20. The molecule has 2 amide bonds. The summed E-state index contributed by atoms with van der Waals surface area (Å²) in [7, 11) is 0. The second-order valence-corrected chi connectivity index (χ2v) is 8.29. The Morgan fingerprint density at radius 1 is 1.03 bits per heavy atom. The maximum atomic E-state index is 13.1. The fraction of sp³-hybridized carbons (Fsp3) is 0.458. The van der Waals surface area contributed by atoms with Crippen molar-refractivity contribution in [2.45, 2.75) is 51.5 Å². The minimum absolute atomic E-state index is 0.0744. The quantitative estimate of drug-likeness (QED) is 0.756. The Bertz CT molecular complexity index is 872. The van der Waals surface area contributed by atoms with Crippen molar-refractivity contribution in [1.82, 2.24) is 10.3 Å². The molecule has 0 radical (unpaired) electrons. The van der Waals surface area contributed by atoms with Gasteiger partial charge >= 0.3 is 0 Å². The summed E-state index contributed by atoms with van der Waals surface area (Å²) in [6.45, 7) is 2.33. The molecule has 2 aliphatic rings. The van der Waals surface area contributed by atoms with Crippen molar-refractivity contribution in [2.24, 2.45) is 5.92 Å². The Morgan fingerprint density at radius 3 is 2.57 bits per heavy atom. The van der Waals surface area contributed by atoms with Gasteiger partial charge < -0.3 is 15.5 Å². The zero-order chi connectivity index (χ0) is 20.8. The van der Waals surface area contributed by atoms with Crippen LogP contribution >= 0.6 is 0 Å². The molecule has 1 saturated carbocycles. The molecule has 30 heavy (non-hydrogen) atoms.